The molecule has 3 aromatic rings. The normalized spacial score (nSPS) is 30.6. The Bertz CT molecular complexity index is 1340. The number of nitriles is 1. The second-order valence-corrected chi connectivity index (χ2v) is 9.60. The number of nitrogens with zero attached hydrogens (tertiary/aromatic N) is 5. The lowest BCUT2D eigenvalue weighted by molar-refractivity contribution is -0.122. The Kier molecular flexibility index (Phi) is 3.32. The van der Waals surface area contributed by atoms with Crippen molar-refractivity contribution in [1.82, 2.24) is 19.3 Å². The van der Waals surface area contributed by atoms with E-state index >= 15 is 0 Å². The van der Waals surface area contributed by atoms with Gasteiger partial charge in [0.15, 0.2) is 5.78 Å². The summed E-state index contributed by atoms with van der Waals surface area (Å²) in [4.78, 5) is 18.2. The molecule has 154 valence electrons. The van der Waals surface area contributed by atoms with Gasteiger partial charge in [0.05, 0.1) is 23.0 Å². The van der Waals surface area contributed by atoms with Crippen LogP contribution in [0.2, 0.25) is 0 Å². The largest absolute Gasteiger partial charge is 0.296 e. The van der Waals surface area contributed by atoms with E-state index in [-0.39, 0.29) is 16.8 Å². The molecule has 3 aliphatic carbocycles. The van der Waals surface area contributed by atoms with Gasteiger partial charge in [-0.3, -0.25) is 14.0 Å². The second kappa shape index (κ2) is 5.61. The summed E-state index contributed by atoms with van der Waals surface area (Å²) in [5.74, 6) is 0.861. The molecule has 1 aromatic carbocycles. The minimum absolute atomic E-state index is 0.00546. The number of rotatable bonds is 2. The Morgan fingerprint density at radius 2 is 1.97 bits per heavy atom. The van der Waals surface area contributed by atoms with Crippen LogP contribution in [0.1, 0.15) is 38.1 Å². The van der Waals surface area contributed by atoms with Crippen molar-refractivity contribution in [3.05, 3.63) is 65.8 Å². The van der Waals surface area contributed by atoms with Gasteiger partial charge in [-0.05, 0) is 43.7 Å². The second-order valence-electron chi connectivity index (χ2n) is 9.60. The average molecular weight is 409 g/mol. The summed E-state index contributed by atoms with van der Waals surface area (Å²) in [5.41, 5.74) is 3.36. The number of hydrogen-bond acceptors (Lipinski definition) is 4. The zero-order valence-electron chi connectivity index (χ0n) is 17.9. The molecule has 6 heteroatoms. The van der Waals surface area contributed by atoms with Crippen LogP contribution < -0.4 is 0 Å². The third-order valence-corrected chi connectivity index (χ3v) is 8.11. The molecular weight excluding hydrogens is 386 g/mol. The molecule has 1 saturated carbocycles. The van der Waals surface area contributed by atoms with Crippen molar-refractivity contribution in [1.29, 1.82) is 5.26 Å². The van der Waals surface area contributed by atoms with E-state index in [4.69, 9.17) is 4.98 Å². The topological polar surface area (TPSA) is 76.5 Å². The fraction of sp³-hybridized carbons (Fsp3) is 0.360. The van der Waals surface area contributed by atoms with Gasteiger partial charge in [0, 0.05) is 35.5 Å². The van der Waals surface area contributed by atoms with E-state index in [2.05, 4.69) is 34.8 Å². The Balaban J connectivity index is 1.66. The van der Waals surface area contributed by atoms with Crippen molar-refractivity contribution in [3.8, 4) is 23.1 Å². The van der Waals surface area contributed by atoms with Gasteiger partial charge in [0.2, 0.25) is 0 Å². The van der Waals surface area contributed by atoms with Crippen molar-refractivity contribution in [3.63, 3.8) is 0 Å². The van der Waals surface area contributed by atoms with E-state index in [1.165, 1.54) is 0 Å². The fourth-order valence-corrected chi connectivity index (χ4v) is 6.42. The third-order valence-electron chi connectivity index (χ3n) is 8.11. The minimum Gasteiger partial charge on any atom is -0.296 e. The number of hydrogen-bond donors (Lipinski definition) is 0. The number of aromatic nitrogens is 4. The number of para-hydroxylation sites is 1. The number of carbonyl (C=O) groups is 1. The van der Waals surface area contributed by atoms with E-state index in [9.17, 15) is 10.1 Å². The van der Waals surface area contributed by atoms with E-state index < -0.39 is 10.8 Å². The van der Waals surface area contributed by atoms with Crippen LogP contribution >= 0.6 is 0 Å². The summed E-state index contributed by atoms with van der Waals surface area (Å²) in [6.07, 6.45) is 8.32. The van der Waals surface area contributed by atoms with Gasteiger partial charge in [0.1, 0.15) is 11.9 Å². The highest BCUT2D eigenvalue weighted by molar-refractivity contribution is 6.07. The number of benzene rings is 1. The first-order chi connectivity index (χ1) is 14.8. The standard InChI is InChI=1S/C25H23N5O/c1-23-11-16(12-26)21(31)24(2)15-25(23,24)10-9-19-20(23)28-22(17-13-27-29(3)14-17)30(19)18-7-5-4-6-8-18/h4-8,11,13-14H,9-10,15H2,1-3H3/t23-,24?,25+/m1/s1. The van der Waals surface area contributed by atoms with Crippen LogP contribution in [0.25, 0.3) is 17.1 Å². The zero-order chi connectivity index (χ0) is 21.6. The van der Waals surface area contributed by atoms with Crippen molar-refractivity contribution >= 4 is 5.78 Å². The maximum absolute atomic E-state index is 13.0. The lowest BCUT2D eigenvalue weighted by atomic mass is 9.58. The maximum atomic E-state index is 13.0. The molecule has 2 heterocycles. The van der Waals surface area contributed by atoms with Gasteiger partial charge in [-0.2, -0.15) is 10.4 Å². The molecule has 0 radical (unpaired) electrons. The summed E-state index contributed by atoms with van der Waals surface area (Å²) in [5, 5.41) is 14.1. The van der Waals surface area contributed by atoms with Crippen LogP contribution in [0.4, 0.5) is 0 Å². The van der Waals surface area contributed by atoms with Gasteiger partial charge in [-0.25, -0.2) is 4.98 Å². The number of aryl methyl sites for hydroxylation is 1. The lowest BCUT2D eigenvalue weighted by Gasteiger charge is -2.44. The van der Waals surface area contributed by atoms with Crippen LogP contribution in [-0.4, -0.2) is 25.1 Å². The third kappa shape index (κ3) is 2.04. The Hall–Kier alpha value is -3.46. The number of imidazole rings is 1. The SMILES string of the molecule is Cn1cc(-c2nc3c(n2-c2ccccc2)CC[C@@]24CC2(C)C(=O)C(C#N)=C[C@]34C)cn1. The molecule has 0 bridgehead atoms. The van der Waals surface area contributed by atoms with Crippen molar-refractivity contribution < 1.29 is 4.79 Å². The van der Waals surface area contributed by atoms with E-state index in [1.54, 1.807) is 4.68 Å². The van der Waals surface area contributed by atoms with Gasteiger partial charge in [-0.15, -0.1) is 0 Å². The highest BCUT2D eigenvalue weighted by Crippen LogP contribution is 2.78. The zero-order valence-corrected chi connectivity index (χ0v) is 17.9. The van der Waals surface area contributed by atoms with Crippen LogP contribution in [0.5, 0.6) is 0 Å². The molecular formula is C25H23N5O. The van der Waals surface area contributed by atoms with Crippen LogP contribution in [-0.2, 0) is 23.7 Å². The Morgan fingerprint density at radius 3 is 2.65 bits per heavy atom. The number of allylic oxidation sites excluding steroid dienone is 2. The number of Topliss-reactive ketones (excluding diaryl/α,β-unsaturated/α-hetero) is 1. The quantitative estimate of drug-likeness (QED) is 0.643. The van der Waals surface area contributed by atoms with Crippen LogP contribution in [0.3, 0.4) is 0 Å². The predicted octanol–water partition coefficient (Wildman–Crippen LogP) is 3.91. The molecule has 1 spiro atoms. The molecule has 1 unspecified atom stereocenters. The molecule has 0 amide bonds. The monoisotopic (exact) mass is 409 g/mol. The van der Waals surface area contributed by atoms with Gasteiger partial charge < -0.3 is 0 Å². The maximum Gasteiger partial charge on any atom is 0.179 e. The highest BCUT2D eigenvalue weighted by Gasteiger charge is 2.78. The predicted molar refractivity (Wildman–Crippen MR) is 115 cm³/mol. The average Bonchev–Trinajstić information content (AvgIpc) is 3.06. The van der Waals surface area contributed by atoms with E-state index in [0.29, 0.717) is 0 Å². The van der Waals surface area contributed by atoms with Crippen molar-refractivity contribution in [2.45, 2.75) is 38.5 Å². The molecule has 3 atom stereocenters. The van der Waals surface area contributed by atoms with Gasteiger partial charge in [-0.1, -0.05) is 31.2 Å². The summed E-state index contributed by atoms with van der Waals surface area (Å²) in [6.45, 7) is 4.22. The molecule has 0 aliphatic heterocycles. The molecule has 3 aliphatic rings. The molecule has 31 heavy (non-hydrogen) atoms. The Morgan fingerprint density at radius 1 is 1.19 bits per heavy atom. The molecule has 6 rings (SSSR count). The summed E-state index contributed by atoms with van der Waals surface area (Å²) in [6, 6.07) is 12.4. The molecule has 0 saturated heterocycles. The number of fused-ring (bicyclic) bond motifs is 2. The summed E-state index contributed by atoms with van der Waals surface area (Å²) >= 11 is 0. The van der Waals surface area contributed by atoms with Gasteiger partial charge >= 0.3 is 0 Å². The van der Waals surface area contributed by atoms with E-state index in [0.717, 1.165) is 47.7 Å². The fourth-order valence-electron chi connectivity index (χ4n) is 6.42. The summed E-state index contributed by atoms with van der Waals surface area (Å²) < 4.78 is 4.02. The first kappa shape index (κ1) is 18.3. The summed E-state index contributed by atoms with van der Waals surface area (Å²) in [7, 11) is 1.90. The molecule has 2 aromatic heterocycles. The molecule has 1 fully saturated rings. The number of ketones is 1. The smallest absolute Gasteiger partial charge is 0.179 e. The van der Waals surface area contributed by atoms with E-state index in [1.807, 2.05) is 50.6 Å². The first-order valence-electron chi connectivity index (χ1n) is 10.7. The lowest BCUT2D eigenvalue weighted by Crippen LogP contribution is -2.46. The first-order valence-corrected chi connectivity index (χ1v) is 10.7. The van der Waals surface area contributed by atoms with Crippen LogP contribution in [0, 0.1) is 22.2 Å². The molecule has 6 nitrogen and oxygen atoms in total. The van der Waals surface area contributed by atoms with Crippen LogP contribution in [0.15, 0.2) is 54.4 Å². The minimum atomic E-state index is -0.468. The highest BCUT2D eigenvalue weighted by atomic mass is 16.1. The number of carbonyl (C=O) groups excluding carboxylic acids is 1. The molecule has 0 N–H and O–H groups in total. The van der Waals surface area contributed by atoms with Crippen molar-refractivity contribution in [2.75, 3.05) is 0 Å². The Labute approximate surface area is 180 Å². The van der Waals surface area contributed by atoms with Crippen molar-refractivity contribution in [2.24, 2.45) is 17.9 Å². The van der Waals surface area contributed by atoms with Gasteiger partial charge in [0.25, 0.3) is 0 Å².